The van der Waals surface area contributed by atoms with Gasteiger partial charge < -0.3 is 9.64 Å². The van der Waals surface area contributed by atoms with Gasteiger partial charge in [-0.1, -0.05) is 0 Å². The number of esters is 1. The van der Waals surface area contributed by atoms with Crippen molar-refractivity contribution in [1.82, 2.24) is 14.7 Å². The Morgan fingerprint density at radius 2 is 2.26 bits per heavy atom. The van der Waals surface area contributed by atoms with Crippen molar-refractivity contribution in [3.63, 3.8) is 0 Å². The molecule has 1 aromatic rings. The molecule has 0 atom stereocenters. The van der Waals surface area contributed by atoms with Crippen LogP contribution < -0.4 is 0 Å². The molecule has 1 rings (SSSR count). The minimum Gasteiger partial charge on any atom is -0.469 e. The molecule has 0 aliphatic rings. The molecule has 0 spiro atoms. The highest BCUT2D eigenvalue weighted by molar-refractivity contribution is 5.91. The maximum atomic E-state index is 11.8. The standard InChI is InChI=1S/C13H19N3O3/c1-15(10-4-5-13(18)19-3)12(17)7-6-11-8-9-14-16(11)2/h6-9H,4-5,10H2,1-3H3/b7-6+. The third kappa shape index (κ3) is 4.95. The van der Waals surface area contributed by atoms with Crippen molar-refractivity contribution in [1.29, 1.82) is 0 Å². The first-order valence-electron chi connectivity index (χ1n) is 6.02. The minimum atomic E-state index is -0.258. The van der Waals surface area contributed by atoms with Crippen LogP contribution in [0.4, 0.5) is 0 Å². The van der Waals surface area contributed by atoms with E-state index in [1.165, 1.54) is 13.2 Å². The van der Waals surface area contributed by atoms with E-state index < -0.39 is 0 Å². The Kier molecular flexibility index (Phi) is 5.78. The topological polar surface area (TPSA) is 64.4 Å². The number of rotatable bonds is 6. The van der Waals surface area contributed by atoms with Crippen LogP contribution in [0.15, 0.2) is 18.3 Å². The largest absolute Gasteiger partial charge is 0.469 e. The van der Waals surface area contributed by atoms with E-state index >= 15 is 0 Å². The smallest absolute Gasteiger partial charge is 0.305 e. The first-order valence-corrected chi connectivity index (χ1v) is 6.02. The van der Waals surface area contributed by atoms with Crippen LogP contribution in [-0.4, -0.2) is 47.3 Å². The number of hydrogen-bond acceptors (Lipinski definition) is 4. The predicted octanol–water partition coefficient (Wildman–Crippen LogP) is 0.845. The Morgan fingerprint density at radius 1 is 1.53 bits per heavy atom. The molecule has 0 saturated carbocycles. The summed E-state index contributed by atoms with van der Waals surface area (Å²) in [7, 11) is 4.87. The van der Waals surface area contributed by atoms with Crippen LogP contribution in [0.2, 0.25) is 0 Å². The van der Waals surface area contributed by atoms with Gasteiger partial charge in [-0.05, 0) is 18.6 Å². The van der Waals surface area contributed by atoms with Gasteiger partial charge in [0.15, 0.2) is 0 Å². The highest BCUT2D eigenvalue weighted by Crippen LogP contribution is 2.01. The molecular formula is C13H19N3O3. The number of nitrogens with zero attached hydrogens (tertiary/aromatic N) is 3. The quantitative estimate of drug-likeness (QED) is 0.565. The Balaban J connectivity index is 2.38. The van der Waals surface area contributed by atoms with Crippen molar-refractivity contribution in [2.45, 2.75) is 12.8 Å². The minimum absolute atomic E-state index is 0.105. The van der Waals surface area contributed by atoms with Gasteiger partial charge in [-0.25, -0.2) is 0 Å². The van der Waals surface area contributed by atoms with Crippen molar-refractivity contribution in [3.8, 4) is 0 Å². The number of aryl methyl sites for hydroxylation is 1. The molecule has 6 heteroatoms. The molecule has 1 amide bonds. The van der Waals surface area contributed by atoms with Gasteiger partial charge in [0.2, 0.25) is 5.91 Å². The van der Waals surface area contributed by atoms with Crippen LogP contribution in [0.25, 0.3) is 6.08 Å². The third-order valence-electron chi connectivity index (χ3n) is 2.73. The van der Waals surface area contributed by atoms with Gasteiger partial charge in [-0.2, -0.15) is 5.10 Å². The Labute approximate surface area is 112 Å². The number of carbonyl (C=O) groups is 2. The Bertz CT molecular complexity index is 465. The number of aromatic nitrogens is 2. The second-order valence-corrected chi connectivity index (χ2v) is 4.15. The fourth-order valence-corrected chi connectivity index (χ4v) is 1.50. The summed E-state index contributed by atoms with van der Waals surface area (Å²) in [5.74, 6) is -0.364. The normalized spacial score (nSPS) is 10.7. The number of likely N-dealkylation sites (N-methyl/N-ethyl adjacent to an activating group) is 1. The fraction of sp³-hybridized carbons (Fsp3) is 0.462. The molecule has 1 heterocycles. The van der Waals surface area contributed by atoms with E-state index in [2.05, 4.69) is 9.84 Å². The maximum absolute atomic E-state index is 11.8. The molecule has 0 aliphatic heterocycles. The molecule has 0 bridgehead atoms. The average molecular weight is 265 g/mol. The van der Waals surface area contributed by atoms with Gasteiger partial charge in [0.25, 0.3) is 0 Å². The molecular weight excluding hydrogens is 246 g/mol. The number of carbonyl (C=O) groups excluding carboxylic acids is 2. The zero-order valence-electron chi connectivity index (χ0n) is 11.5. The first-order chi connectivity index (χ1) is 9.04. The van der Waals surface area contributed by atoms with Crippen LogP contribution in [0.3, 0.4) is 0 Å². The van der Waals surface area contributed by atoms with Gasteiger partial charge in [-0.3, -0.25) is 14.3 Å². The second-order valence-electron chi connectivity index (χ2n) is 4.15. The van der Waals surface area contributed by atoms with Gasteiger partial charge in [0, 0.05) is 39.3 Å². The lowest BCUT2D eigenvalue weighted by Crippen LogP contribution is -2.26. The lowest BCUT2D eigenvalue weighted by Gasteiger charge is -2.14. The van der Waals surface area contributed by atoms with Crippen LogP contribution >= 0.6 is 0 Å². The average Bonchev–Trinajstić information content (AvgIpc) is 2.81. The summed E-state index contributed by atoms with van der Waals surface area (Å²) >= 11 is 0. The van der Waals surface area contributed by atoms with Crippen LogP contribution in [0.5, 0.6) is 0 Å². The number of ether oxygens (including phenoxy) is 1. The third-order valence-corrected chi connectivity index (χ3v) is 2.73. The summed E-state index contributed by atoms with van der Waals surface area (Å²) < 4.78 is 6.22. The molecule has 104 valence electrons. The zero-order chi connectivity index (χ0) is 14.3. The SMILES string of the molecule is COC(=O)CCCN(C)C(=O)/C=C/c1ccnn1C. The van der Waals surface area contributed by atoms with Crippen molar-refractivity contribution in [2.24, 2.45) is 7.05 Å². The summed E-state index contributed by atoms with van der Waals surface area (Å²) in [6, 6.07) is 1.82. The van der Waals surface area contributed by atoms with Crippen LogP contribution in [0.1, 0.15) is 18.5 Å². The van der Waals surface area contributed by atoms with Gasteiger partial charge in [0.1, 0.15) is 0 Å². The van der Waals surface area contributed by atoms with E-state index in [4.69, 9.17) is 0 Å². The van der Waals surface area contributed by atoms with Crippen LogP contribution in [-0.2, 0) is 21.4 Å². The summed E-state index contributed by atoms with van der Waals surface area (Å²) in [5, 5.41) is 4.01. The van der Waals surface area contributed by atoms with E-state index in [9.17, 15) is 9.59 Å². The van der Waals surface area contributed by atoms with E-state index in [0.717, 1.165) is 5.69 Å². The van der Waals surface area contributed by atoms with Gasteiger partial charge in [0.05, 0.1) is 12.8 Å². The van der Waals surface area contributed by atoms with Gasteiger partial charge in [-0.15, -0.1) is 0 Å². The molecule has 6 nitrogen and oxygen atoms in total. The summed E-state index contributed by atoms with van der Waals surface area (Å²) in [6.45, 7) is 0.518. The zero-order valence-corrected chi connectivity index (χ0v) is 11.5. The Morgan fingerprint density at radius 3 is 2.84 bits per heavy atom. The number of hydrogen-bond donors (Lipinski definition) is 0. The summed E-state index contributed by atoms with van der Waals surface area (Å²) in [5.41, 5.74) is 0.858. The fourth-order valence-electron chi connectivity index (χ4n) is 1.50. The molecule has 0 aliphatic carbocycles. The summed E-state index contributed by atoms with van der Waals surface area (Å²) in [6.07, 6.45) is 5.79. The second kappa shape index (κ2) is 7.35. The van der Waals surface area contributed by atoms with Crippen molar-refractivity contribution < 1.29 is 14.3 Å². The van der Waals surface area contributed by atoms with Gasteiger partial charge >= 0.3 is 5.97 Å². The molecule has 0 N–H and O–H groups in total. The highest BCUT2D eigenvalue weighted by atomic mass is 16.5. The number of amides is 1. The monoisotopic (exact) mass is 265 g/mol. The molecule has 0 unspecified atom stereocenters. The first kappa shape index (κ1) is 14.9. The molecule has 1 aromatic heterocycles. The van der Waals surface area contributed by atoms with E-state index in [0.29, 0.717) is 19.4 Å². The molecule has 0 radical (unpaired) electrons. The van der Waals surface area contributed by atoms with Crippen LogP contribution in [0, 0.1) is 0 Å². The van der Waals surface area contributed by atoms with Crippen molar-refractivity contribution in [2.75, 3.05) is 20.7 Å². The molecule has 0 saturated heterocycles. The highest BCUT2D eigenvalue weighted by Gasteiger charge is 2.06. The van der Waals surface area contributed by atoms with E-state index in [1.807, 2.05) is 13.1 Å². The molecule has 19 heavy (non-hydrogen) atoms. The lowest BCUT2D eigenvalue weighted by molar-refractivity contribution is -0.141. The van der Waals surface area contributed by atoms with Crippen molar-refractivity contribution in [3.05, 3.63) is 24.0 Å². The predicted molar refractivity (Wildman–Crippen MR) is 71.1 cm³/mol. The maximum Gasteiger partial charge on any atom is 0.305 e. The summed E-state index contributed by atoms with van der Waals surface area (Å²) in [4.78, 5) is 24.3. The van der Waals surface area contributed by atoms with Crippen molar-refractivity contribution >= 4 is 18.0 Å². The molecule has 0 aromatic carbocycles. The number of methoxy groups -OCH3 is 1. The van der Waals surface area contributed by atoms with E-state index in [-0.39, 0.29) is 11.9 Å². The van der Waals surface area contributed by atoms with E-state index in [1.54, 1.807) is 28.9 Å². The lowest BCUT2D eigenvalue weighted by atomic mass is 10.3. The Hall–Kier alpha value is -2.11. The molecule has 0 fully saturated rings.